The van der Waals surface area contributed by atoms with Crippen molar-refractivity contribution < 1.29 is 0 Å². The first-order valence-electron chi connectivity index (χ1n) is 9.66. The van der Waals surface area contributed by atoms with Crippen LogP contribution in [-0.4, -0.2) is 12.1 Å². The summed E-state index contributed by atoms with van der Waals surface area (Å²) in [6, 6.07) is 8.71. The molecule has 1 aliphatic carbocycles. The van der Waals surface area contributed by atoms with E-state index in [4.69, 9.17) is 0 Å². The second-order valence-corrected chi connectivity index (χ2v) is 6.99. The summed E-state index contributed by atoms with van der Waals surface area (Å²) in [4.78, 5) is 0. The Hall–Kier alpha value is -1.86. The topological polar surface area (TPSA) is 12.0 Å². The highest BCUT2D eigenvalue weighted by molar-refractivity contribution is 5.49. The predicted octanol–water partition coefficient (Wildman–Crippen LogP) is 6.41. The van der Waals surface area contributed by atoms with Crippen molar-refractivity contribution in [3.05, 3.63) is 78.4 Å². The molecule has 0 saturated carbocycles. The van der Waals surface area contributed by atoms with Crippen molar-refractivity contribution >= 4 is 6.08 Å². The molecule has 0 saturated heterocycles. The van der Waals surface area contributed by atoms with E-state index in [-0.39, 0.29) is 5.54 Å². The van der Waals surface area contributed by atoms with Gasteiger partial charge in [0.1, 0.15) is 0 Å². The molecule has 1 nitrogen and oxygen atoms in total. The van der Waals surface area contributed by atoms with E-state index in [1.54, 1.807) is 0 Å². The van der Waals surface area contributed by atoms with Gasteiger partial charge < -0.3 is 5.32 Å². The molecule has 0 aliphatic heterocycles. The normalized spacial score (nSPS) is 17.2. The van der Waals surface area contributed by atoms with Crippen LogP contribution in [0.1, 0.15) is 63.0 Å². The molecule has 1 aliphatic rings. The number of hydrogen-bond donors (Lipinski definition) is 1. The van der Waals surface area contributed by atoms with Crippen LogP contribution < -0.4 is 5.32 Å². The molecule has 0 heterocycles. The van der Waals surface area contributed by atoms with Crippen LogP contribution in [-0.2, 0) is 0 Å². The Morgan fingerprint density at radius 3 is 2.52 bits per heavy atom. The average Bonchev–Trinajstić information content (AvgIpc) is 2.66. The number of rotatable bonds is 10. The van der Waals surface area contributed by atoms with Crippen LogP contribution in [0.15, 0.2) is 67.3 Å². The quantitative estimate of drug-likeness (QED) is 0.487. The summed E-state index contributed by atoms with van der Waals surface area (Å²) in [5.74, 6) is 0.462. The molecule has 1 unspecified atom stereocenters. The van der Waals surface area contributed by atoms with Crippen molar-refractivity contribution in [2.45, 2.75) is 57.4 Å². The largest absolute Gasteiger partial charge is 0.304 e. The van der Waals surface area contributed by atoms with Crippen LogP contribution in [0.5, 0.6) is 0 Å². The van der Waals surface area contributed by atoms with Gasteiger partial charge >= 0.3 is 0 Å². The third-order valence-corrected chi connectivity index (χ3v) is 5.17. The minimum absolute atomic E-state index is 0.0854. The van der Waals surface area contributed by atoms with E-state index in [2.05, 4.69) is 74.8 Å². The summed E-state index contributed by atoms with van der Waals surface area (Å²) < 4.78 is 0. The van der Waals surface area contributed by atoms with Crippen molar-refractivity contribution in [3.8, 4) is 0 Å². The predicted molar refractivity (Wildman–Crippen MR) is 112 cm³/mol. The fourth-order valence-corrected chi connectivity index (χ4v) is 3.95. The summed E-state index contributed by atoms with van der Waals surface area (Å²) >= 11 is 0. The number of allylic oxidation sites excluding steroid dienone is 2. The monoisotopic (exact) mass is 335 g/mol. The lowest BCUT2D eigenvalue weighted by molar-refractivity contribution is 0.341. The minimum atomic E-state index is 0.0854. The Bertz CT molecular complexity index is 629. The third-order valence-electron chi connectivity index (χ3n) is 5.17. The van der Waals surface area contributed by atoms with Gasteiger partial charge in [-0.25, -0.2) is 0 Å². The van der Waals surface area contributed by atoms with Crippen molar-refractivity contribution in [1.82, 2.24) is 5.32 Å². The number of nitrogens with one attached hydrogen (secondary N) is 1. The lowest BCUT2D eigenvalue weighted by atomic mass is 9.77. The standard InChI is InChI=1S/C24H33N/c1-5-16-24(17-6-2,25-18-7-3)23-14-12-21(13-15-23)22-11-9-10-20(8-4)19-22/h7-12,14-15,19,21,25H,3-6,13,16-18H2,1-2H3. The smallest absolute Gasteiger partial charge is 0.0433 e. The molecule has 1 heteroatoms. The van der Waals surface area contributed by atoms with E-state index in [9.17, 15) is 0 Å². The Morgan fingerprint density at radius 2 is 1.96 bits per heavy atom. The fourth-order valence-electron chi connectivity index (χ4n) is 3.95. The maximum absolute atomic E-state index is 3.89. The van der Waals surface area contributed by atoms with Gasteiger partial charge in [0.05, 0.1) is 0 Å². The first-order valence-corrected chi connectivity index (χ1v) is 9.66. The zero-order valence-corrected chi connectivity index (χ0v) is 15.9. The lowest BCUT2D eigenvalue weighted by Crippen LogP contribution is -2.47. The van der Waals surface area contributed by atoms with Crippen molar-refractivity contribution in [2.24, 2.45) is 0 Å². The van der Waals surface area contributed by atoms with Gasteiger partial charge in [0.2, 0.25) is 0 Å². The van der Waals surface area contributed by atoms with Gasteiger partial charge in [-0.1, -0.05) is 87.9 Å². The molecule has 0 bridgehead atoms. The van der Waals surface area contributed by atoms with Gasteiger partial charge in [-0.3, -0.25) is 0 Å². The summed E-state index contributed by atoms with van der Waals surface area (Å²) in [6.45, 7) is 13.2. The van der Waals surface area contributed by atoms with Gasteiger partial charge in [0.25, 0.3) is 0 Å². The lowest BCUT2D eigenvalue weighted by Gasteiger charge is -2.38. The van der Waals surface area contributed by atoms with Gasteiger partial charge in [-0.2, -0.15) is 0 Å². The molecule has 134 valence electrons. The van der Waals surface area contributed by atoms with E-state index in [1.807, 2.05) is 12.2 Å². The molecule has 1 aromatic carbocycles. The van der Waals surface area contributed by atoms with Crippen LogP contribution in [0.4, 0.5) is 0 Å². The Balaban J connectivity index is 2.21. The minimum Gasteiger partial charge on any atom is -0.304 e. The first-order chi connectivity index (χ1) is 12.2. The highest BCUT2D eigenvalue weighted by atomic mass is 15.0. The van der Waals surface area contributed by atoms with Gasteiger partial charge in [0, 0.05) is 18.0 Å². The molecule has 0 amide bonds. The van der Waals surface area contributed by atoms with E-state index in [0.29, 0.717) is 5.92 Å². The van der Waals surface area contributed by atoms with Crippen LogP contribution in [0.2, 0.25) is 0 Å². The molecule has 1 atom stereocenters. The van der Waals surface area contributed by atoms with Gasteiger partial charge in [-0.15, -0.1) is 6.58 Å². The number of hydrogen-bond acceptors (Lipinski definition) is 1. The first kappa shape index (κ1) is 19.5. The molecule has 25 heavy (non-hydrogen) atoms. The van der Waals surface area contributed by atoms with E-state index in [1.165, 1.54) is 42.4 Å². The van der Waals surface area contributed by atoms with Crippen LogP contribution in [0.3, 0.4) is 0 Å². The molecule has 0 aromatic heterocycles. The van der Waals surface area contributed by atoms with Gasteiger partial charge in [-0.05, 0) is 36.0 Å². The zero-order valence-electron chi connectivity index (χ0n) is 15.9. The summed E-state index contributed by atoms with van der Waals surface area (Å²) in [5.41, 5.74) is 4.11. The van der Waals surface area contributed by atoms with Crippen LogP contribution in [0, 0.1) is 0 Å². The maximum atomic E-state index is 3.89. The summed E-state index contributed by atoms with van der Waals surface area (Å²) in [6.07, 6.45) is 16.8. The fraction of sp³-hybridized carbons (Fsp3) is 0.417. The Labute approximate surface area is 154 Å². The molecular weight excluding hydrogens is 302 g/mol. The molecule has 1 aromatic rings. The average molecular weight is 336 g/mol. The second-order valence-electron chi connectivity index (χ2n) is 6.99. The van der Waals surface area contributed by atoms with Crippen LogP contribution in [0.25, 0.3) is 6.08 Å². The molecule has 2 rings (SSSR count). The Kier molecular flexibility index (Phi) is 7.46. The van der Waals surface area contributed by atoms with Crippen molar-refractivity contribution in [2.75, 3.05) is 6.54 Å². The zero-order chi connectivity index (χ0) is 18.1. The summed E-state index contributed by atoms with van der Waals surface area (Å²) in [5, 5.41) is 3.78. The SMILES string of the molecule is C=CCNC(CCC)(CCC)C1=CCC(c2cccc(C=C)c2)C=C1. The Morgan fingerprint density at radius 1 is 1.20 bits per heavy atom. The van der Waals surface area contributed by atoms with Crippen molar-refractivity contribution in [1.29, 1.82) is 0 Å². The summed E-state index contributed by atoms with van der Waals surface area (Å²) in [7, 11) is 0. The van der Waals surface area contributed by atoms with E-state index in [0.717, 1.165) is 13.0 Å². The third kappa shape index (κ3) is 4.83. The molecule has 0 spiro atoms. The highest BCUT2D eigenvalue weighted by Gasteiger charge is 2.31. The molecule has 0 fully saturated rings. The maximum Gasteiger partial charge on any atom is 0.0433 e. The van der Waals surface area contributed by atoms with E-state index >= 15 is 0 Å². The van der Waals surface area contributed by atoms with Gasteiger partial charge in [0.15, 0.2) is 0 Å². The highest BCUT2D eigenvalue weighted by Crippen LogP contribution is 2.35. The van der Waals surface area contributed by atoms with E-state index < -0.39 is 0 Å². The molecular formula is C24H33N. The molecule has 0 radical (unpaired) electrons. The second kappa shape index (κ2) is 9.58. The number of benzene rings is 1. The van der Waals surface area contributed by atoms with Crippen molar-refractivity contribution in [3.63, 3.8) is 0 Å². The molecule has 1 N–H and O–H groups in total. The van der Waals surface area contributed by atoms with Crippen LogP contribution >= 0.6 is 0 Å².